The lowest BCUT2D eigenvalue weighted by molar-refractivity contribution is 0.102. The fraction of sp³-hybridized carbons (Fsp3) is 0.267. The second-order valence-electron chi connectivity index (χ2n) is 4.72. The zero-order valence-electron chi connectivity index (χ0n) is 10.4. The summed E-state index contributed by atoms with van der Waals surface area (Å²) >= 11 is 2.24. The van der Waals surface area contributed by atoms with Crippen molar-refractivity contribution in [2.75, 3.05) is 5.32 Å². The third kappa shape index (κ3) is 2.68. The van der Waals surface area contributed by atoms with Crippen molar-refractivity contribution in [3.63, 3.8) is 0 Å². The zero-order chi connectivity index (χ0) is 13.2. The van der Waals surface area contributed by atoms with Crippen molar-refractivity contribution in [2.45, 2.75) is 25.7 Å². The maximum Gasteiger partial charge on any atom is 0.259 e. The molecule has 3 rings (SSSR count). The molecule has 0 atom stereocenters. The standard InChI is InChI=1S/C15H14INO2/c16-10-5-7-11(8-6-10)17-15(18)13-9-19-14-4-2-1-3-12(13)14/h5-9H,1-4H2,(H,17,18). The predicted octanol–water partition coefficient (Wildman–Crippen LogP) is 4.02. The first-order chi connectivity index (χ1) is 9.24. The predicted molar refractivity (Wildman–Crippen MR) is 82.5 cm³/mol. The van der Waals surface area contributed by atoms with Crippen molar-refractivity contribution in [1.82, 2.24) is 0 Å². The van der Waals surface area contributed by atoms with Crippen molar-refractivity contribution in [2.24, 2.45) is 0 Å². The number of rotatable bonds is 2. The highest BCUT2D eigenvalue weighted by atomic mass is 127. The van der Waals surface area contributed by atoms with Crippen molar-refractivity contribution in [3.05, 3.63) is 51.0 Å². The van der Waals surface area contributed by atoms with E-state index in [4.69, 9.17) is 4.42 Å². The number of carbonyl (C=O) groups excluding carboxylic acids is 1. The molecule has 0 radical (unpaired) electrons. The summed E-state index contributed by atoms with van der Waals surface area (Å²) in [6, 6.07) is 7.76. The third-order valence-electron chi connectivity index (χ3n) is 3.41. The number of nitrogens with one attached hydrogen (secondary N) is 1. The smallest absolute Gasteiger partial charge is 0.259 e. The fourth-order valence-electron chi connectivity index (χ4n) is 2.42. The zero-order valence-corrected chi connectivity index (χ0v) is 12.6. The van der Waals surface area contributed by atoms with E-state index >= 15 is 0 Å². The monoisotopic (exact) mass is 367 g/mol. The van der Waals surface area contributed by atoms with Crippen LogP contribution >= 0.6 is 22.6 Å². The minimum atomic E-state index is -0.0758. The Morgan fingerprint density at radius 1 is 1.16 bits per heavy atom. The third-order valence-corrected chi connectivity index (χ3v) is 4.13. The Balaban J connectivity index is 1.80. The topological polar surface area (TPSA) is 42.2 Å². The van der Waals surface area contributed by atoms with E-state index in [2.05, 4.69) is 27.9 Å². The molecule has 0 saturated heterocycles. The Morgan fingerprint density at radius 3 is 2.68 bits per heavy atom. The molecule has 98 valence electrons. The number of hydrogen-bond acceptors (Lipinski definition) is 2. The van der Waals surface area contributed by atoms with Crippen molar-refractivity contribution in [1.29, 1.82) is 0 Å². The lowest BCUT2D eigenvalue weighted by Crippen LogP contribution is -2.14. The Kier molecular flexibility index (Phi) is 3.59. The molecule has 0 aliphatic heterocycles. The average molecular weight is 367 g/mol. The van der Waals surface area contributed by atoms with E-state index < -0.39 is 0 Å². The van der Waals surface area contributed by atoms with E-state index in [0.717, 1.165) is 46.3 Å². The highest BCUT2D eigenvalue weighted by Crippen LogP contribution is 2.26. The van der Waals surface area contributed by atoms with Gasteiger partial charge in [0.25, 0.3) is 5.91 Å². The summed E-state index contributed by atoms with van der Waals surface area (Å²) in [7, 11) is 0. The number of benzene rings is 1. The summed E-state index contributed by atoms with van der Waals surface area (Å²) in [6.45, 7) is 0. The molecule has 2 aromatic rings. The van der Waals surface area contributed by atoms with E-state index in [-0.39, 0.29) is 5.91 Å². The largest absolute Gasteiger partial charge is 0.468 e. The molecular formula is C15H14INO2. The number of hydrogen-bond donors (Lipinski definition) is 1. The van der Waals surface area contributed by atoms with Gasteiger partial charge < -0.3 is 9.73 Å². The van der Waals surface area contributed by atoms with E-state index in [1.165, 1.54) is 0 Å². The first-order valence-corrected chi connectivity index (χ1v) is 7.48. The van der Waals surface area contributed by atoms with E-state index in [1.54, 1.807) is 6.26 Å². The molecule has 0 fully saturated rings. The number of aryl methyl sites for hydroxylation is 1. The molecule has 1 N–H and O–H groups in total. The van der Waals surface area contributed by atoms with Gasteiger partial charge in [0, 0.05) is 21.2 Å². The highest BCUT2D eigenvalue weighted by molar-refractivity contribution is 14.1. The second-order valence-corrected chi connectivity index (χ2v) is 5.96. The Bertz CT molecular complexity index is 601. The lowest BCUT2D eigenvalue weighted by atomic mass is 9.95. The number of amides is 1. The second kappa shape index (κ2) is 5.36. The van der Waals surface area contributed by atoms with Crippen LogP contribution in [0.25, 0.3) is 0 Å². The normalized spacial score (nSPS) is 13.9. The van der Waals surface area contributed by atoms with Crippen LogP contribution in [0.4, 0.5) is 5.69 Å². The summed E-state index contributed by atoms with van der Waals surface area (Å²) in [5.74, 6) is 0.909. The van der Waals surface area contributed by atoms with Gasteiger partial charge in [0.15, 0.2) is 0 Å². The van der Waals surface area contributed by atoms with Crippen LogP contribution in [0.5, 0.6) is 0 Å². The van der Waals surface area contributed by atoms with Crippen LogP contribution in [-0.2, 0) is 12.8 Å². The van der Waals surface area contributed by atoms with E-state index in [9.17, 15) is 4.79 Å². The first-order valence-electron chi connectivity index (χ1n) is 6.40. The maximum atomic E-state index is 12.3. The van der Waals surface area contributed by atoms with Gasteiger partial charge in [-0.05, 0) is 66.1 Å². The van der Waals surface area contributed by atoms with Crippen LogP contribution in [0.15, 0.2) is 34.9 Å². The summed E-state index contributed by atoms with van der Waals surface area (Å²) in [4.78, 5) is 12.3. The van der Waals surface area contributed by atoms with Crippen LogP contribution in [0.3, 0.4) is 0 Å². The van der Waals surface area contributed by atoms with Crippen LogP contribution in [0.1, 0.15) is 34.5 Å². The summed E-state index contributed by atoms with van der Waals surface area (Å²) < 4.78 is 6.65. The van der Waals surface area contributed by atoms with Gasteiger partial charge in [0.1, 0.15) is 12.0 Å². The lowest BCUT2D eigenvalue weighted by Gasteiger charge is -2.11. The van der Waals surface area contributed by atoms with Gasteiger partial charge in [-0.1, -0.05) is 0 Å². The van der Waals surface area contributed by atoms with Crippen molar-refractivity contribution in [3.8, 4) is 0 Å². The number of halogens is 1. The molecule has 1 aliphatic rings. The molecule has 3 nitrogen and oxygen atoms in total. The van der Waals surface area contributed by atoms with E-state index in [0.29, 0.717) is 5.56 Å². The van der Waals surface area contributed by atoms with Crippen LogP contribution < -0.4 is 5.32 Å². The molecule has 1 amide bonds. The minimum absolute atomic E-state index is 0.0758. The molecule has 1 aromatic carbocycles. The Labute approximate surface area is 125 Å². The minimum Gasteiger partial charge on any atom is -0.468 e. The molecule has 0 spiro atoms. The van der Waals surface area contributed by atoms with E-state index in [1.807, 2.05) is 24.3 Å². The van der Waals surface area contributed by atoms with Gasteiger partial charge in [-0.25, -0.2) is 0 Å². The van der Waals surface area contributed by atoms with Gasteiger partial charge >= 0.3 is 0 Å². The quantitative estimate of drug-likeness (QED) is 0.815. The SMILES string of the molecule is O=C(Nc1ccc(I)cc1)c1coc2c1CCCC2. The van der Waals surface area contributed by atoms with Crippen LogP contribution in [0.2, 0.25) is 0 Å². The number of fused-ring (bicyclic) bond motifs is 1. The Hall–Kier alpha value is -1.30. The summed E-state index contributed by atoms with van der Waals surface area (Å²) in [6.07, 6.45) is 5.78. The van der Waals surface area contributed by atoms with Gasteiger partial charge in [-0.15, -0.1) is 0 Å². The van der Waals surface area contributed by atoms with Crippen molar-refractivity contribution >= 4 is 34.2 Å². The maximum absolute atomic E-state index is 12.3. The molecule has 1 heterocycles. The first kappa shape index (κ1) is 12.7. The molecule has 19 heavy (non-hydrogen) atoms. The summed E-state index contributed by atoms with van der Waals surface area (Å²) in [5.41, 5.74) is 2.60. The molecule has 1 aromatic heterocycles. The van der Waals surface area contributed by atoms with Gasteiger partial charge in [0.05, 0.1) is 5.56 Å². The van der Waals surface area contributed by atoms with Gasteiger partial charge in [-0.2, -0.15) is 0 Å². The van der Waals surface area contributed by atoms with Gasteiger partial charge in [-0.3, -0.25) is 4.79 Å². The number of anilines is 1. The van der Waals surface area contributed by atoms with Crippen LogP contribution in [0, 0.1) is 3.57 Å². The van der Waals surface area contributed by atoms with Gasteiger partial charge in [0.2, 0.25) is 0 Å². The molecule has 0 unspecified atom stereocenters. The van der Waals surface area contributed by atoms with Crippen molar-refractivity contribution < 1.29 is 9.21 Å². The molecule has 0 bridgehead atoms. The highest BCUT2D eigenvalue weighted by Gasteiger charge is 2.21. The number of furan rings is 1. The fourth-order valence-corrected chi connectivity index (χ4v) is 2.78. The number of carbonyl (C=O) groups is 1. The molecule has 0 saturated carbocycles. The van der Waals surface area contributed by atoms with Crippen LogP contribution in [-0.4, -0.2) is 5.91 Å². The molecule has 1 aliphatic carbocycles. The molecular weight excluding hydrogens is 353 g/mol. The molecule has 4 heteroatoms. The Morgan fingerprint density at radius 2 is 1.89 bits per heavy atom. The average Bonchev–Trinajstić information content (AvgIpc) is 2.85. The summed E-state index contributed by atoms with van der Waals surface area (Å²) in [5, 5.41) is 2.92.